The maximum absolute atomic E-state index is 12.5. The van der Waals surface area contributed by atoms with Gasteiger partial charge >= 0.3 is 11.9 Å². The summed E-state index contributed by atoms with van der Waals surface area (Å²) in [5.74, 6) is -0.466. The summed E-state index contributed by atoms with van der Waals surface area (Å²) >= 11 is 0. The summed E-state index contributed by atoms with van der Waals surface area (Å²) in [6, 6.07) is 9.54. The van der Waals surface area contributed by atoms with Crippen LogP contribution in [-0.4, -0.2) is 30.1 Å². The van der Waals surface area contributed by atoms with E-state index in [0.717, 1.165) is 17.6 Å². The van der Waals surface area contributed by atoms with Crippen LogP contribution in [0.1, 0.15) is 105 Å². The Kier molecular flexibility index (Phi) is 18.9. The molecule has 0 saturated carbocycles. The molecule has 0 aliphatic heterocycles. The van der Waals surface area contributed by atoms with Crippen molar-refractivity contribution in [3.05, 3.63) is 72.9 Å². The Balaban J connectivity index is 0.00000373. The fourth-order valence-electron chi connectivity index (χ4n) is 3.78. The number of carbonyl (C=O) groups excluding carboxylic acids is 4. The van der Waals surface area contributed by atoms with E-state index >= 15 is 0 Å². The SMILES string of the molecule is C/C=C(\C)COC(=O)CC(C)(C)CCC(=O)CCC(=O)CCC(C)(CC)CC(=O)OCc1ccccc1.C=CC=C. The first kappa shape index (κ1) is 37.7. The van der Waals surface area contributed by atoms with E-state index in [2.05, 4.69) is 13.2 Å². The Morgan fingerprint density at radius 2 is 1.34 bits per heavy atom. The summed E-state index contributed by atoms with van der Waals surface area (Å²) in [6.45, 7) is 19.0. The first-order valence-corrected chi connectivity index (χ1v) is 14.5. The quantitative estimate of drug-likeness (QED) is 0.0948. The molecule has 1 atom stereocenters. The predicted molar refractivity (Wildman–Crippen MR) is 166 cm³/mol. The van der Waals surface area contributed by atoms with E-state index in [0.29, 0.717) is 32.3 Å². The van der Waals surface area contributed by atoms with Crippen LogP contribution in [0.4, 0.5) is 0 Å². The summed E-state index contributed by atoms with van der Waals surface area (Å²) in [6.07, 6.45) is 8.69. The van der Waals surface area contributed by atoms with Crippen LogP contribution in [0.5, 0.6) is 0 Å². The summed E-state index contributed by atoms with van der Waals surface area (Å²) in [7, 11) is 0. The first-order chi connectivity index (χ1) is 19.3. The second-order valence-corrected chi connectivity index (χ2v) is 11.7. The van der Waals surface area contributed by atoms with Crippen LogP contribution in [0.15, 0.2) is 67.3 Å². The molecule has 6 heteroatoms. The molecule has 6 nitrogen and oxygen atoms in total. The summed E-state index contributed by atoms with van der Waals surface area (Å²) in [4.78, 5) is 49.3. The van der Waals surface area contributed by atoms with Crippen molar-refractivity contribution in [2.45, 2.75) is 106 Å². The molecule has 0 aliphatic rings. The second-order valence-electron chi connectivity index (χ2n) is 11.7. The van der Waals surface area contributed by atoms with Crippen molar-refractivity contribution in [3.8, 4) is 0 Å². The van der Waals surface area contributed by atoms with Gasteiger partial charge in [-0.25, -0.2) is 0 Å². The topological polar surface area (TPSA) is 86.7 Å². The van der Waals surface area contributed by atoms with Gasteiger partial charge in [0.1, 0.15) is 24.8 Å². The van der Waals surface area contributed by atoms with Gasteiger partial charge in [-0.15, -0.1) is 0 Å². The number of carbonyl (C=O) groups is 4. The van der Waals surface area contributed by atoms with E-state index in [-0.39, 0.29) is 66.6 Å². The first-order valence-electron chi connectivity index (χ1n) is 14.5. The molecule has 0 fully saturated rings. The number of hydrogen-bond donors (Lipinski definition) is 0. The van der Waals surface area contributed by atoms with Gasteiger partial charge in [-0.3, -0.25) is 19.2 Å². The maximum atomic E-state index is 12.5. The van der Waals surface area contributed by atoms with Gasteiger partial charge in [0.15, 0.2) is 0 Å². The monoisotopic (exact) mass is 568 g/mol. The number of allylic oxidation sites excluding steroid dienone is 3. The number of ketones is 2. The standard InChI is InChI=1S/C31H46O6.C4H6/c1-7-24(3)22-36-28(34)20-30(4,5)18-16-26(32)14-15-27(33)17-19-31(6,8-2)21-29(35)37-23-25-12-10-9-11-13-25;1-3-4-2/h7,9-13H,8,14-23H2,1-6H3;3-4H,1-2H2/b24-7+;. The number of rotatable bonds is 19. The molecule has 0 amide bonds. The van der Waals surface area contributed by atoms with Crippen molar-refractivity contribution >= 4 is 23.5 Å². The largest absolute Gasteiger partial charge is 0.461 e. The molecular weight excluding hydrogens is 516 g/mol. The summed E-state index contributed by atoms with van der Waals surface area (Å²) in [5.41, 5.74) is 1.26. The molecule has 0 saturated heterocycles. The van der Waals surface area contributed by atoms with E-state index in [4.69, 9.17) is 9.47 Å². The lowest BCUT2D eigenvalue weighted by Gasteiger charge is -2.27. The van der Waals surface area contributed by atoms with Gasteiger partial charge in [-0.2, -0.15) is 0 Å². The molecule has 1 aromatic carbocycles. The van der Waals surface area contributed by atoms with E-state index in [1.807, 2.05) is 78.0 Å². The highest BCUT2D eigenvalue weighted by molar-refractivity contribution is 5.86. The number of esters is 2. The molecule has 228 valence electrons. The van der Waals surface area contributed by atoms with Gasteiger partial charge in [0.05, 0.1) is 12.8 Å². The number of hydrogen-bond acceptors (Lipinski definition) is 6. The minimum atomic E-state index is -0.349. The Labute approximate surface area is 248 Å². The predicted octanol–water partition coefficient (Wildman–Crippen LogP) is 8.30. The van der Waals surface area contributed by atoms with Crippen LogP contribution in [0, 0.1) is 10.8 Å². The van der Waals surface area contributed by atoms with E-state index < -0.39 is 0 Å². The Morgan fingerprint density at radius 3 is 1.85 bits per heavy atom. The van der Waals surface area contributed by atoms with Crippen molar-refractivity contribution in [3.63, 3.8) is 0 Å². The lowest BCUT2D eigenvalue weighted by molar-refractivity contribution is -0.148. The molecule has 0 bridgehead atoms. The molecule has 0 aliphatic carbocycles. The van der Waals surface area contributed by atoms with Crippen LogP contribution in [0.3, 0.4) is 0 Å². The zero-order valence-corrected chi connectivity index (χ0v) is 26.3. The van der Waals surface area contributed by atoms with Crippen LogP contribution in [0.25, 0.3) is 0 Å². The van der Waals surface area contributed by atoms with Crippen LogP contribution < -0.4 is 0 Å². The summed E-state index contributed by atoms with van der Waals surface area (Å²) < 4.78 is 10.7. The fourth-order valence-corrected chi connectivity index (χ4v) is 3.78. The normalized spacial score (nSPS) is 12.7. The van der Waals surface area contributed by atoms with Crippen LogP contribution in [-0.2, 0) is 35.3 Å². The molecule has 0 radical (unpaired) electrons. The van der Waals surface area contributed by atoms with E-state index in [9.17, 15) is 19.2 Å². The Bertz CT molecular complexity index is 999. The molecule has 0 N–H and O–H groups in total. The molecule has 1 unspecified atom stereocenters. The lowest BCUT2D eigenvalue weighted by Crippen LogP contribution is -2.23. The highest BCUT2D eigenvalue weighted by Crippen LogP contribution is 2.33. The van der Waals surface area contributed by atoms with Crippen molar-refractivity contribution in [2.75, 3.05) is 6.61 Å². The Morgan fingerprint density at radius 1 is 0.805 bits per heavy atom. The minimum Gasteiger partial charge on any atom is -0.461 e. The van der Waals surface area contributed by atoms with Crippen molar-refractivity contribution < 1.29 is 28.7 Å². The molecule has 0 spiro atoms. The van der Waals surface area contributed by atoms with Gasteiger partial charge < -0.3 is 9.47 Å². The van der Waals surface area contributed by atoms with Gasteiger partial charge in [0.25, 0.3) is 0 Å². The van der Waals surface area contributed by atoms with E-state index in [1.54, 1.807) is 12.2 Å². The van der Waals surface area contributed by atoms with Crippen LogP contribution in [0.2, 0.25) is 0 Å². The third-order valence-electron chi connectivity index (χ3n) is 7.18. The molecular formula is C35H52O6. The highest BCUT2D eigenvalue weighted by Gasteiger charge is 2.28. The highest BCUT2D eigenvalue weighted by atomic mass is 16.5. The lowest BCUT2D eigenvalue weighted by atomic mass is 9.79. The number of Topliss-reactive ketones (excluding diaryl/α,β-unsaturated/α-hetero) is 2. The van der Waals surface area contributed by atoms with Crippen molar-refractivity contribution in [2.24, 2.45) is 10.8 Å². The maximum Gasteiger partial charge on any atom is 0.306 e. The third kappa shape index (κ3) is 19.4. The Hall–Kier alpha value is -3.28. The van der Waals surface area contributed by atoms with Gasteiger partial charge in [0.2, 0.25) is 0 Å². The average molecular weight is 569 g/mol. The third-order valence-corrected chi connectivity index (χ3v) is 7.18. The number of ether oxygens (including phenoxy) is 2. The smallest absolute Gasteiger partial charge is 0.306 e. The average Bonchev–Trinajstić information content (AvgIpc) is 2.96. The molecule has 1 rings (SSSR count). The zero-order chi connectivity index (χ0) is 31.3. The molecule has 0 aromatic heterocycles. The van der Waals surface area contributed by atoms with Crippen molar-refractivity contribution in [1.82, 2.24) is 0 Å². The second kappa shape index (κ2) is 20.6. The fraction of sp³-hybridized carbons (Fsp3) is 0.543. The number of benzene rings is 1. The van der Waals surface area contributed by atoms with Crippen LogP contribution >= 0.6 is 0 Å². The van der Waals surface area contributed by atoms with Gasteiger partial charge in [-0.1, -0.05) is 95.8 Å². The van der Waals surface area contributed by atoms with E-state index in [1.165, 1.54) is 0 Å². The summed E-state index contributed by atoms with van der Waals surface area (Å²) in [5, 5.41) is 0. The molecule has 41 heavy (non-hydrogen) atoms. The van der Waals surface area contributed by atoms with Gasteiger partial charge in [0, 0.05) is 25.7 Å². The molecule has 0 heterocycles. The zero-order valence-electron chi connectivity index (χ0n) is 26.3. The van der Waals surface area contributed by atoms with Gasteiger partial charge in [-0.05, 0) is 48.7 Å². The van der Waals surface area contributed by atoms with Crippen molar-refractivity contribution in [1.29, 1.82) is 0 Å². The molecule has 1 aromatic rings. The minimum absolute atomic E-state index is 0.0299.